The van der Waals surface area contributed by atoms with Crippen LogP contribution in [0.1, 0.15) is 22.7 Å². The maximum absolute atomic E-state index is 12.1. The van der Waals surface area contributed by atoms with Crippen molar-refractivity contribution in [3.63, 3.8) is 0 Å². The normalized spacial score (nSPS) is 19.9. The lowest BCUT2D eigenvalue weighted by atomic mass is 10.1. The molecule has 0 radical (unpaired) electrons. The van der Waals surface area contributed by atoms with Gasteiger partial charge in [-0.2, -0.15) is 0 Å². The summed E-state index contributed by atoms with van der Waals surface area (Å²) in [7, 11) is 0. The van der Waals surface area contributed by atoms with E-state index in [4.69, 9.17) is 0 Å². The Morgan fingerprint density at radius 1 is 1.29 bits per heavy atom. The van der Waals surface area contributed by atoms with Crippen LogP contribution >= 0.6 is 0 Å². The van der Waals surface area contributed by atoms with Crippen molar-refractivity contribution in [3.05, 3.63) is 59.3 Å². The number of nitrogens with zero attached hydrogens (tertiary/aromatic N) is 1. The summed E-state index contributed by atoms with van der Waals surface area (Å²) in [6, 6.07) is 10.7. The first kappa shape index (κ1) is 13.6. The first-order chi connectivity index (χ1) is 10.1. The highest BCUT2D eigenvalue weighted by Crippen LogP contribution is 2.31. The van der Waals surface area contributed by atoms with Gasteiger partial charge < -0.3 is 10.4 Å². The van der Waals surface area contributed by atoms with Gasteiger partial charge in [0.2, 0.25) is 0 Å². The molecule has 0 saturated carbocycles. The highest BCUT2D eigenvalue weighted by Gasteiger charge is 2.31. The van der Waals surface area contributed by atoms with Crippen molar-refractivity contribution in [1.29, 1.82) is 0 Å². The Labute approximate surface area is 123 Å². The monoisotopic (exact) mass is 283 g/mol. The van der Waals surface area contributed by atoms with Crippen LogP contribution in [0.15, 0.2) is 42.6 Å². The van der Waals surface area contributed by atoms with E-state index in [9.17, 15) is 9.90 Å². The van der Waals surface area contributed by atoms with E-state index in [1.807, 2.05) is 43.3 Å². The molecule has 2 aromatic rings. The molecule has 0 saturated heterocycles. The topological polar surface area (TPSA) is 74.2 Å². The van der Waals surface area contributed by atoms with E-state index in [1.54, 1.807) is 6.20 Å². The zero-order chi connectivity index (χ0) is 14.8. The van der Waals surface area contributed by atoms with Crippen molar-refractivity contribution < 1.29 is 9.90 Å². The van der Waals surface area contributed by atoms with E-state index in [0.717, 1.165) is 16.7 Å². The number of anilines is 1. The maximum atomic E-state index is 12.1. The van der Waals surface area contributed by atoms with Gasteiger partial charge in [0, 0.05) is 12.6 Å². The summed E-state index contributed by atoms with van der Waals surface area (Å²) in [6.07, 6.45) is 1.59. The highest BCUT2D eigenvalue weighted by atomic mass is 16.3. The average Bonchev–Trinajstić information content (AvgIpc) is 2.78. The summed E-state index contributed by atoms with van der Waals surface area (Å²) < 4.78 is 0. The number of aliphatic hydroxyl groups is 1. The molecule has 108 valence electrons. The smallest absolute Gasteiger partial charge is 0.320 e. The quantitative estimate of drug-likeness (QED) is 0.790. The molecule has 1 heterocycles. The Morgan fingerprint density at radius 3 is 2.90 bits per heavy atom. The first-order valence-corrected chi connectivity index (χ1v) is 6.90. The number of amides is 2. The molecule has 3 N–H and O–H groups in total. The van der Waals surface area contributed by atoms with Crippen LogP contribution in [0.4, 0.5) is 10.6 Å². The Bertz CT molecular complexity index is 672. The van der Waals surface area contributed by atoms with E-state index in [-0.39, 0.29) is 12.1 Å². The molecule has 0 aliphatic heterocycles. The van der Waals surface area contributed by atoms with Crippen molar-refractivity contribution >= 4 is 11.8 Å². The van der Waals surface area contributed by atoms with E-state index < -0.39 is 6.10 Å². The van der Waals surface area contributed by atoms with Gasteiger partial charge in [-0.3, -0.25) is 5.32 Å². The summed E-state index contributed by atoms with van der Waals surface area (Å²) in [5.74, 6) is 0.524. The minimum atomic E-state index is -0.599. The summed E-state index contributed by atoms with van der Waals surface area (Å²) in [4.78, 5) is 16.2. The van der Waals surface area contributed by atoms with Crippen LogP contribution in [-0.4, -0.2) is 22.2 Å². The van der Waals surface area contributed by atoms with E-state index in [0.29, 0.717) is 12.2 Å². The van der Waals surface area contributed by atoms with Gasteiger partial charge in [-0.1, -0.05) is 30.3 Å². The van der Waals surface area contributed by atoms with Crippen molar-refractivity contribution in [2.24, 2.45) is 0 Å². The Hall–Kier alpha value is -2.40. The number of hydrogen-bond donors (Lipinski definition) is 3. The molecule has 1 aliphatic rings. The molecule has 1 aliphatic carbocycles. The van der Waals surface area contributed by atoms with Crippen molar-refractivity contribution in [3.8, 4) is 0 Å². The molecule has 1 aromatic heterocycles. The Balaban J connectivity index is 1.72. The van der Waals surface area contributed by atoms with Crippen LogP contribution in [0.3, 0.4) is 0 Å². The van der Waals surface area contributed by atoms with Crippen LogP contribution in [0.2, 0.25) is 0 Å². The number of aromatic nitrogens is 1. The van der Waals surface area contributed by atoms with Gasteiger partial charge >= 0.3 is 6.03 Å². The molecule has 3 rings (SSSR count). The highest BCUT2D eigenvalue weighted by molar-refractivity contribution is 5.89. The number of benzene rings is 1. The molecule has 21 heavy (non-hydrogen) atoms. The molecular formula is C16H17N3O2. The maximum Gasteiger partial charge on any atom is 0.320 e. The predicted octanol–water partition coefficient (Wildman–Crippen LogP) is 2.17. The molecule has 5 heteroatoms. The lowest BCUT2D eigenvalue weighted by Gasteiger charge is -2.18. The van der Waals surface area contributed by atoms with Crippen LogP contribution in [0, 0.1) is 6.92 Å². The van der Waals surface area contributed by atoms with Gasteiger partial charge in [0.25, 0.3) is 0 Å². The molecule has 1 aromatic carbocycles. The van der Waals surface area contributed by atoms with Crippen LogP contribution in [-0.2, 0) is 6.42 Å². The molecular weight excluding hydrogens is 266 g/mol. The molecule has 0 bridgehead atoms. The third-order valence-electron chi connectivity index (χ3n) is 3.73. The number of pyridine rings is 1. The number of fused-ring (bicyclic) bond motifs is 1. The van der Waals surface area contributed by atoms with E-state index >= 15 is 0 Å². The standard InChI is InChI=1S/C16H17N3O2/c1-10-5-4-8-17-15(10)19-16(21)18-14-12-7-3-2-6-11(12)9-13(14)20/h2-8,13-14,20H,9H2,1H3,(H2,17,18,19,21)/t13-,14+/m0/s1. The lowest BCUT2D eigenvalue weighted by molar-refractivity contribution is 0.144. The van der Waals surface area contributed by atoms with Crippen molar-refractivity contribution in [2.45, 2.75) is 25.5 Å². The Kier molecular flexibility index (Phi) is 3.58. The van der Waals surface area contributed by atoms with Crippen LogP contribution < -0.4 is 10.6 Å². The molecule has 2 amide bonds. The number of carbonyl (C=O) groups is 1. The molecule has 0 fully saturated rings. The van der Waals surface area contributed by atoms with Gasteiger partial charge in [-0.15, -0.1) is 0 Å². The number of hydrogen-bond acceptors (Lipinski definition) is 3. The summed E-state index contributed by atoms with van der Waals surface area (Å²) in [5, 5.41) is 15.7. The predicted molar refractivity (Wildman–Crippen MR) is 80.0 cm³/mol. The summed E-state index contributed by atoms with van der Waals surface area (Å²) in [5.41, 5.74) is 2.93. The van der Waals surface area contributed by atoms with Crippen LogP contribution in [0.25, 0.3) is 0 Å². The van der Waals surface area contributed by atoms with Gasteiger partial charge in [-0.25, -0.2) is 9.78 Å². The van der Waals surface area contributed by atoms with Gasteiger partial charge in [0.1, 0.15) is 5.82 Å². The third-order valence-corrected chi connectivity index (χ3v) is 3.73. The summed E-state index contributed by atoms with van der Waals surface area (Å²) in [6.45, 7) is 1.88. The SMILES string of the molecule is Cc1cccnc1NC(=O)N[C@@H]1c2ccccc2C[C@@H]1O. The Morgan fingerprint density at radius 2 is 2.10 bits per heavy atom. The fourth-order valence-electron chi connectivity index (χ4n) is 2.65. The molecule has 0 unspecified atom stereocenters. The van der Waals surface area contributed by atoms with Crippen molar-refractivity contribution in [2.75, 3.05) is 5.32 Å². The minimum absolute atomic E-state index is 0.363. The second-order valence-electron chi connectivity index (χ2n) is 5.22. The second-order valence-corrected chi connectivity index (χ2v) is 5.22. The largest absolute Gasteiger partial charge is 0.390 e. The molecule has 2 atom stereocenters. The van der Waals surface area contributed by atoms with Crippen molar-refractivity contribution in [1.82, 2.24) is 10.3 Å². The second kappa shape index (κ2) is 5.54. The number of rotatable bonds is 2. The lowest BCUT2D eigenvalue weighted by Crippen LogP contribution is -2.37. The van der Waals surface area contributed by atoms with E-state index in [1.165, 1.54) is 0 Å². The minimum Gasteiger partial charge on any atom is -0.390 e. The number of urea groups is 1. The first-order valence-electron chi connectivity index (χ1n) is 6.90. The third kappa shape index (κ3) is 2.73. The number of aryl methyl sites for hydroxylation is 1. The average molecular weight is 283 g/mol. The fourth-order valence-corrected chi connectivity index (χ4v) is 2.65. The zero-order valence-corrected chi connectivity index (χ0v) is 11.7. The van der Waals surface area contributed by atoms with Crippen LogP contribution in [0.5, 0.6) is 0 Å². The zero-order valence-electron chi connectivity index (χ0n) is 11.7. The van der Waals surface area contributed by atoms with Gasteiger partial charge in [0.05, 0.1) is 12.1 Å². The van der Waals surface area contributed by atoms with Gasteiger partial charge in [-0.05, 0) is 29.7 Å². The summed E-state index contributed by atoms with van der Waals surface area (Å²) >= 11 is 0. The number of nitrogens with one attached hydrogen (secondary N) is 2. The number of carbonyl (C=O) groups excluding carboxylic acids is 1. The van der Waals surface area contributed by atoms with E-state index in [2.05, 4.69) is 15.6 Å². The number of aliphatic hydroxyl groups excluding tert-OH is 1. The molecule has 0 spiro atoms. The molecule has 5 nitrogen and oxygen atoms in total. The van der Waals surface area contributed by atoms with Gasteiger partial charge in [0.15, 0.2) is 0 Å². The fraction of sp³-hybridized carbons (Fsp3) is 0.250.